The Morgan fingerprint density at radius 2 is 1.86 bits per heavy atom. The second kappa shape index (κ2) is 9.67. The van der Waals surface area contributed by atoms with Crippen LogP contribution in [0.25, 0.3) is 16.5 Å². The third-order valence-electron chi connectivity index (χ3n) is 8.13. The van der Waals surface area contributed by atoms with Gasteiger partial charge < -0.3 is 4.98 Å². The molecular formula is C29H31FN6O. The van der Waals surface area contributed by atoms with Crippen LogP contribution in [0.3, 0.4) is 0 Å². The molecular weight excluding hydrogens is 467 g/mol. The molecule has 1 aliphatic carbocycles. The molecule has 7 nitrogen and oxygen atoms in total. The molecule has 4 aromatic rings. The van der Waals surface area contributed by atoms with Crippen LogP contribution in [0.2, 0.25) is 0 Å². The zero-order valence-electron chi connectivity index (χ0n) is 21.2. The fourth-order valence-corrected chi connectivity index (χ4v) is 5.88. The standard InChI is InChI=1S/C29H31FN6O/c1-18-7-8-22-17-25(29(37)31-26(22)19(18)2)27(28-32-33-34-36(28)24-5-3-4-6-24)35-15-13-21(14-16-35)20-9-11-23(30)12-10-20/h7-13,17,24,27H,3-6,14-16H2,1-2H3,(H,31,37). The largest absolute Gasteiger partial charge is 0.321 e. The van der Waals surface area contributed by atoms with E-state index in [1.54, 1.807) is 0 Å². The summed E-state index contributed by atoms with van der Waals surface area (Å²) in [6.07, 6.45) is 7.39. The molecule has 1 unspecified atom stereocenters. The molecule has 3 heterocycles. The van der Waals surface area contributed by atoms with Gasteiger partial charge in [-0.1, -0.05) is 43.2 Å². The number of H-pyrrole nitrogens is 1. The summed E-state index contributed by atoms with van der Waals surface area (Å²) in [6, 6.07) is 12.7. The van der Waals surface area contributed by atoms with Crippen molar-refractivity contribution in [2.24, 2.45) is 0 Å². The molecule has 1 aliphatic heterocycles. The Morgan fingerprint density at radius 1 is 1.08 bits per heavy atom. The maximum Gasteiger partial charge on any atom is 0.253 e. The number of tetrazole rings is 1. The van der Waals surface area contributed by atoms with Gasteiger partial charge in [-0.15, -0.1) is 5.10 Å². The van der Waals surface area contributed by atoms with E-state index in [4.69, 9.17) is 0 Å². The van der Waals surface area contributed by atoms with E-state index in [1.165, 1.54) is 17.7 Å². The fraction of sp³-hybridized carbons (Fsp3) is 0.379. The van der Waals surface area contributed by atoms with Gasteiger partial charge in [-0.05, 0) is 89.4 Å². The minimum absolute atomic E-state index is 0.111. The minimum Gasteiger partial charge on any atom is -0.321 e. The summed E-state index contributed by atoms with van der Waals surface area (Å²) in [6.45, 7) is 5.46. The van der Waals surface area contributed by atoms with Gasteiger partial charge in [0, 0.05) is 18.7 Å². The molecule has 0 amide bonds. The van der Waals surface area contributed by atoms with Gasteiger partial charge in [0.1, 0.15) is 11.9 Å². The minimum atomic E-state index is -0.378. The lowest BCUT2D eigenvalue weighted by Crippen LogP contribution is -2.38. The van der Waals surface area contributed by atoms with E-state index >= 15 is 0 Å². The van der Waals surface area contributed by atoms with Gasteiger partial charge in [0.15, 0.2) is 5.82 Å². The lowest BCUT2D eigenvalue weighted by Gasteiger charge is -2.33. The Morgan fingerprint density at radius 3 is 2.59 bits per heavy atom. The summed E-state index contributed by atoms with van der Waals surface area (Å²) in [5.41, 5.74) is 5.86. The lowest BCUT2D eigenvalue weighted by atomic mass is 9.96. The molecule has 1 fully saturated rings. The van der Waals surface area contributed by atoms with Gasteiger partial charge in [0.05, 0.1) is 11.6 Å². The number of aromatic amines is 1. The summed E-state index contributed by atoms with van der Waals surface area (Å²) in [7, 11) is 0. The Balaban J connectivity index is 1.44. The van der Waals surface area contributed by atoms with E-state index in [0.717, 1.165) is 72.1 Å². The molecule has 0 saturated heterocycles. The van der Waals surface area contributed by atoms with Crippen molar-refractivity contribution in [1.82, 2.24) is 30.1 Å². The van der Waals surface area contributed by atoms with Crippen molar-refractivity contribution in [3.05, 3.63) is 92.8 Å². The quantitative estimate of drug-likeness (QED) is 0.406. The number of halogens is 1. The molecule has 1 N–H and O–H groups in total. The second-order valence-corrected chi connectivity index (χ2v) is 10.3. The molecule has 2 aliphatic rings. The van der Waals surface area contributed by atoms with E-state index in [-0.39, 0.29) is 23.5 Å². The zero-order chi connectivity index (χ0) is 25.5. The van der Waals surface area contributed by atoms with Crippen LogP contribution in [0.1, 0.15) is 72.3 Å². The first kappa shape index (κ1) is 23.7. The molecule has 0 spiro atoms. The smallest absolute Gasteiger partial charge is 0.253 e. The summed E-state index contributed by atoms with van der Waals surface area (Å²) in [5, 5.41) is 14.0. The predicted octanol–water partition coefficient (Wildman–Crippen LogP) is 5.26. The number of aryl methyl sites for hydroxylation is 2. The summed E-state index contributed by atoms with van der Waals surface area (Å²) < 4.78 is 15.4. The highest BCUT2D eigenvalue weighted by atomic mass is 19.1. The first-order valence-corrected chi connectivity index (χ1v) is 13.1. The van der Waals surface area contributed by atoms with Crippen molar-refractivity contribution >= 4 is 16.5 Å². The van der Waals surface area contributed by atoms with Crippen LogP contribution in [-0.4, -0.2) is 43.2 Å². The number of pyridine rings is 1. The van der Waals surface area contributed by atoms with Gasteiger partial charge in [-0.2, -0.15) is 0 Å². The van der Waals surface area contributed by atoms with Gasteiger partial charge >= 0.3 is 0 Å². The van der Waals surface area contributed by atoms with Crippen LogP contribution in [0.4, 0.5) is 4.39 Å². The maximum atomic E-state index is 13.6. The van der Waals surface area contributed by atoms with Crippen molar-refractivity contribution < 1.29 is 4.39 Å². The fourth-order valence-electron chi connectivity index (χ4n) is 5.88. The SMILES string of the molecule is Cc1ccc2cc(C(c3nnnn3C3CCCC3)N3CC=C(c4ccc(F)cc4)CC3)c(=O)[nH]c2c1C. The zero-order valence-corrected chi connectivity index (χ0v) is 21.2. The molecule has 1 atom stereocenters. The molecule has 0 radical (unpaired) electrons. The van der Waals surface area contributed by atoms with Gasteiger partial charge in [0.25, 0.3) is 5.56 Å². The average molecular weight is 499 g/mol. The second-order valence-electron chi connectivity index (χ2n) is 10.3. The number of rotatable bonds is 5. The number of aromatic nitrogens is 5. The summed E-state index contributed by atoms with van der Waals surface area (Å²) in [5.74, 6) is 0.487. The normalized spacial score (nSPS) is 17.9. The molecule has 190 valence electrons. The molecule has 1 saturated carbocycles. The molecule has 6 rings (SSSR count). The van der Waals surface area contributed by atoms with Crippen LogP contribution in [0.15, 0.2) is 53.3 Å². The highest BCUT2D eigenvalue weighted by molar-refractivity contribution is 5.83. The van der Waals surface area contributed by atoms with E-state index in [1.807, 2.05) is 29.8 Å². The molecule has 2 aromatic heterocycles. The van der Waals surface area contributed by atoms with Gasteiger partial charge in [-0.25, -0.2) is 9.07 Å². The number of nitrogens with zero attached hydrogens (tertiary/aromatic N) is 5. The summed E-state index contributed by atoms with van der Waals surface area (Å²) >= 11 is 0. The van der Waals surface area contributed by atoms with E-state index in [0.29, 0.717) is 12.1 Å². The Labute approximate surface area is 215 Å². The number of hydrogen-bond donors (Lipinski definition) is 1. The van der Waals surface area contributed by atoms with Gasteiger partial charge in [-0.3, -0.25) is 9.69 Å². The molecule has 2 aromatic carbocycles. The molecule has 0 bridgehead atoms. The van der Waals surface area contributed by atoms with E-state index in [2.05, 4.69) is 50.5 Å². The van der Waals surface area contributed by atoms with Crippen molar-refractivity contribution in [3.8, 4) is 0 Å². The predicted molar refractivity (Wildman–Crippen MR) is 142 cm³/mol. The Kier molecular flexibility index (Phi) is 6.20. The summed E-state index contributed by atoms with van der Waals surface area (Å²) in [4.78, 5) is 19.1. The maximum absolute atomic E-state index is 13.6. The number of hydrogen-bond acceptors (Lipinski definition) is 5. The topological polar surface area (TPSA) is 79.7 Å². The number of benzene rings is 2. The monoisotopic (exact) mass is 498 g/mol. The Hall–Kier alpha value is -3.65. The highest BCUT2D eigenvalue weighted by Crippen LogP contribution is 2.36. The van der Waals surface area contributed by atoms with Crippen molar-refractivity contribution in [1.29, 1.82) is 0 Å². The van der Waals surface area contributed by atoms with E-state index < -0.39 is 0 Å². The first-order chi connectivity index (χ1) is 18.0. The van der Waals surface area contributed by atoms with Crippen LogP contribution >= 0.6 is 0 Å². The van der Waals surface area contributed by atoms with Gasteiger partial charge in [0.2, 0.25) is 0 Å². The lowest BCUT2D eigenvalue weighted by molar-refractivity contribution is 0.229. The number of nitrogens with one attached hydrogen (secondary N) is 1. The van der Waals surface area contributed by atoms with Crippen molar-refractivity contribution in [3.63, 3.8) is 0 Å². The van der Waals surface area contributed by atoms with Crippen molar-refractivity contribution in [2.75, 3.05) is 13.1 Å². The third kappa shape index (κ3) is 4.39. The molecule has 8 heteroatoms. The molecule has 37 heavy (non-hydrogen) atoms. The first-order valence-electron chi connectivity index (χ1n) is 13.1. The van der Waals surface area contributed by atoms with Crippen LogP contribution in [0.5, 0.6) is 0 Å². The van der Waals surface area contributed by atoms with E-state index in [9.17, 15) is 9.18 Å². The van der Waals surface area contributed by atoms with Crippen LogP contribution < -0.4 is 5.56 Å². The highest BCUT2D eigenvalue weighted by Gasteiger charge is 2.34. The van der Waals surface area contributed by atoms with Crippen molar-refractivity contribution in [2.45, 2.75) is 58.0 Å². The van der Waals surface area contributed by atoms with Crippen LogP contribution in [0, 0.1) is 19.7 Å². The average Bonchev–Trinajstić information content (AvgIpc) is 3.61. The third-order valence-corrected chi connectivity index (χ3v) is 8.13. The Bertz CT molecular complexity index is 1530. The van der Waals surface area contributed by atoms with Crippen LogP contribution in [-0.2, 0) is 0 Å². The number of fused-ring (bicyclic) bond motifs is 1.